The van der Waals surface area contributed by atoms with E-state index in [2.05, 4.69) is 0 Å². The number of rotatable bonds is 7. The minimum absolute atomic E-state index is 0.148. The van der Waals surface area contributed by atoms with Gasteiger partial charge in [0, 0.05) is 5.41 Å². The van der Waals surface area contributed by atoms with Crippen LogP contribution >= 0.6 is 0 Å². The summed E-state index contributed by atoms with van der Waals surface area (Å²) in [5.41, 5.74) is -0.148. The Bertz CT molecular complexity index is 141. The van der Waals surface area contributed by atoms with Gasteiger partial charge in [-0.25, -0.2) is 0 Å². The van der Waals surface area contributed by atoms with E-state index in [9.17, 15) is 4.79 Å². The summed E-state index contributed by atoms with van der Waals surface area (Å²) in [6.07, 6.45) is 7.63. The van der Waals surface area contributed by atoms with Gasteiger partial charge in [-0.3, -0.25) is 0 Å². The second-order valence-corrected chi connectivity index (χ2v) is 3.91. The van der Waals surface area contributed by atoms with Crippen LogP contribution in [0.15, 0.2) is 0 Å². The summed E-state index contributed by atoms with van der Waals surface area (Å²) in [6, 6.07) is 0. The highest BCUT2D eigenvalue weighted by Gasteiger charge is 2.14. The molecule has 0 aromatic carbocycles. The lowest BCUT2D eigenvalue weighted by Gasteiger charge is -2.15. The van der Waals surface area contributed by atoms with Gasteiger partial charge < -0.3 is 10.2 Å². The van der Waals surface area contributed by atoms with Gasteiger partial charge in [0.25, 0.3) is 0 Å². The van der Waals surface area contributed by atoms with Gasteiger partial charge in [-0.1, -0.05) is 26.7 Å². The molecule has 0 aromatic rings. The fourth-order valence-electron chi connectivity index (χ4n) is 1.06. The third-order valence-electron chi connectivity index (χ3n) is 1.99. The number of carbonyl (C=O) groups is 1. The van der Waals surface area contributed by atoms with E-state index in [0.717, 1.165) is 38.4 Å². The van der Waals surface area contributed by atoms with Crippen molar-refractivity contribution in [2.45, 2.75) is 46.0 Å². The molecule has 0 radical (unpaired) electrons. The number of unbranched alkanes of at least 4 members (excludes halogenated alkanes) is 3. The van der Waals surface area contributed by atoms with E-state index in [4.69, 9.17) is 5.41 Å². The zero-order valence-corrected chi connectivity index (χ0v) is 8.10. The van der Waals surface area contributed by atoms with E-state index in [0.29, 0.717) is 0 Å². The van der Waals surface area contributed by atoms with Gasteiger partial charge >= 0.3 is 0 Å². The smallest absolute Gasteiger partial charge is 0.125 e. The lowest BCUT2D eigenvalue weighted by Crippen LogP contribution is -2.12. The molecule has 0 atom stereocenters. The largest absolute Gasteiger partial charge is 0.313 e. The third kappa shape index (κ3) is 6.08. The van der Waals surface area contributed by atoms with Gasteiger partial charge in [0.2, 0.25) is 0 Å². The lowest BCUT2D eigenvalue weighted by atomic mass is 9.89. The molecule has 0 bridgehead atoms. The van der Waals surface area contributed by atoms with Crippen LogP contribution in [0.1, 0.15) is 46.0 Å². The molecule has 0 aliphatic carbocycles. The second-order valence-electron chi connectivity index (χ2n) is 3.91. The van der Waals surface area contributed by atoms with Crippen molar-refractivity contribution in [2.24, 2.45) is 5.41 Å². The van der Waals surface area contributed by atoms with Crippen molar-refractivity contribution in [1.29, 1.82) is 5.41 Å². The summed E-state index contributed by atoms with van der Waals surface area (Å²) in [5, 5.41) is 6.82. The quantitative estimate of drug-likeness (QED) is 0.355. The van der Waals surface area contributed by atoms with Crippen LogP contribution in [0.25, 0.3) is 0 Å². The van der Waals surface area contributed by atoms with Crippen LogP contribution in [0, 0.1) is 10.8 Å². The SMILES string of the molecule is CC(C)(C=O)CCCCCC=N. The maximum atomic E-state index is 10.5. The lowest BCUT2D eigenvalue weighted by molar-refractivity contribution is -0.115. The molecule has 0 aliphatic heterocycles. The number of carbonyl (C=O) groups excluding carboxylic acids is 1. The van der Waals surface area contributed by atoms with Crippen molar-refractivity contribution < 1.29 is 4.79 Å². The van der Waals surface area contributed by atoms with Crippen molar-refractivity contribution >= 4 is 12.5 Å². The van der Waals surface area contributed by atoms with Crippen molar-refractivity contribution in [1.82, 2.24) is 0 Å². The first kappa shape index (κ1) is 11.3. The molecule has 0 unspecified atom stereocenters. The number of aldehydes is 1. The van der Waals surface area contributed by atoms with Crippen LogP contribution in [0.2, 0.25) is 0 Å². The van der Waals surface area contributed by atoms with Crippen molar-refractivity contribution in [3.63, 3.8) is 0 Å². The Morgan fingerprint density at radius 2 is 1.92 bits per heavy atom. The molecule has 0 saturated heterocycles. The molecule has 0 fully saturated rings. The molecule has 0 amide bonds. The molecule has 2 heteroatoms. The predicted molar refractivity (Wildman–Crippen MR) is 51.7 cm³/mol. The maximum absolute atomic E-state index is 10.5. The summed E-state index contributed by atoms with van der Waals surface area (Å²) in [7, 11) is 0. The fourth-order valence-corrected chi connectivity index (χ4v) is 1.06. The highest BCUT2D eigenvalue weighted by Crippen LogP contribution is 2.20. The van der Waals surface area contributed by atoms with Crippen molar-refractivity contribution in [2.75, 3.05) is 0 Å². The zero-order chi connectivity index (χ0) is 9.45. The van der Waals surface area contributed by atoms with Crippen molar-refractivity contribution in [3.05, 3.63) is 0 Å². The maximum Gasteiger partial charge on any atom is 0.125 e. The van der Waals surface area contributed by atoms with Gasteiger partial charge in [0.15, 0.2) is 0 Å². The summed E-state index contributed by atoms with van der Waals surface area (Å²) in [5.74, 6) is 0. The minimum atomic E-state index is -0.148. The van der Waals surface area contributed by atoms with E-state index in [1.165, 1.54) is 6.21 Å². The minimum Gasteiger partial charge on any atom is -0.313 e. The normalized spacial score (nSPS) is 11.2. The van der Waals surface area contributed by atoms with Crippen molar-refractivity contribution in [3.8, 4) is 0 Å². The third-order valence-corrected chi connectivity index (χ3v) is 1.99. The first-order chi connectivity index (χ1) is 5.62. The highest BCUT2D eigenvalue weighted by molar-refractivity contribution is 5.57. The first-order valence-electron chi connectivity index (χ1n) is 4.57. The monoisotopic (exact) mass is 169 g/mol. The molecule has 70 valence electrons. The van der Waals surface area contributed by atoms with E-state index < -0.39 is 0 Å². The molecule has 0 saturated carbocycles. The van der Waals surface area contributed by atoms with Crippen LogP contribution in [-0.2, 0) is 4.79 Å². The Balaban J connectivity index is 3.30. The van der Waals surface area contributed by atoms with Crippen LogP contribution in [0.3, 0.4) is 0 Å². The van der Waals surface area contributed by atoms with Gasteiger partial charge in [-0.2, -0.15) is 0 Å². The Hall–Kier alpha value is -0.660. The number of hydrogen-bond acceptors (Lipinski definition) is 2. The van der Waals surface area contributed by atoms with E-state index in [1.807, 2.05) is 13.8 Å². The Morgan fingerprint density at radius 1 is 1.25 bits per heavy atom. The summed E-state index contributed by atoms with van der Waals surface area (Å²) in [6.45, 7) is 3.94. The van der Waals surface area contributed by atoms with Crippen LogP contribution in [0.5, 0.6) is 0 Å². The number of nitrogens with one attached hydrogen (secondary N) is 1. The molecule has 0 aliphatic rings. The number of hydrogen-bond donors (Lipinski definition) is 1. The standard InChI is InChI=1S/C10H19NO/c1-10(2,9-12)7-5-3-4-6-8-11/h8-9,11H,3-7H2,1-2H3. The van der Waals surface area contributed by atoms with E-state index >= 15 is 0 Å². The molecule has 0 spiro atoms. The highest BCUT2D eigenvalue weighted by atomic mass is 16.1. The van der Waals surface area contributed by atoms with E-state index in [-0.39, 0.29) is 5.41 Å². The topological polar surface area (TPSA) is 40.9 Å². The first-order valence-corrected chi connectivity index (χ1v) is 4.57. The average molecular weight is 169 g/mol. The van der Waals surface area contributed by atoms with Gasteiger partial charge in [-0.05, 0) is 25.5 Å². The van der Waals surface area contributed by atoms with Gasteiger partial charge in [0.1, 0.15) is 6.29 Å². The zero-order valence-electron chi connectivity index (χ0n) is 8.10. The molecule has 1 N–H and O–H groups in total. The molecule has 0 heterocycles. The van der Waals surface area contributed by atoms with Gasteiger partial charge in [0.05, 0.1) is 0 Å². The summed E-state index contributed by atoms with van der Waals surface area (Å²) < 4.78 is 0. The summed E-state index contributed by atoms with van der Waals surface area (Å²) in [4.78, 5) is 10.5. The Kier molecular flexibility index (Phi) is 5.60. The molecule has 12 heavy (non-hydrogen) atoms. The molecular weight excluding hydrogens is 150 g/mol. The Morgan fingerprint density at radius 3 is 2.42 bits per heavy atom. The van der Waals surface area contributed by atoms with Gasteiger partial charge in [-0.15, -0.1) is 0 Å². The molecule has 0 rings (SSSR count). The van der Waals surface area contributed by atoms with E-state index in [1.54, 1.807) is 0 Å². The molecule has 0 aromatic heterocycles. The molecular formula is C10H19NO. The fraction of sp³-hybridized carbons (Fsp3) is 0.800. The van der Waals surface area contributed by atoms with Crippen LogP contribution < -0.4 is 0 Å². The predicted octanol–water partition coefficient (Wildman–Crippen LogP) is 2.81. The average Bonchev–Trinajstić information content (AvgIpc) is 2.04. The Labute approximate surface area is 74.9 Å². The van der Waals surface area contributed by atoms with Crippen LogP contribution in [-0.4, -0.2) is 12.5 Å². The molecule has 2 nitrogen and oxygen atoms in total. The second kappa shape index (κ2) is 5.92. The van der Waals surface area contributed by atoms with Crippen LogP contribution in [0.4, 0.5) is 0 Å². The summed E-state index contributed by atoms with van der Waals surface area (Å²) >= 11 is 0.